The summed E-state index contributed by atoms with van der Waals surface area (Å²) < 4.78 is 35.8. The number of carboxylic acid groups (broad SMARTS) is 1. The predicted molar refractivity (Wildman–Crippen MR) is 156 cm³/mol. The lowest BCUT2D eigenvalue weighted by molar-refractivity contribution is -0.141. The summed E-state index contributed by atoms with van der Waals surface area (Å²) >= 11 is 0. The fourth-order valence-corrected chi connectivity index (χ4v) is 7.65. The summed E-state index contributed by atoms with van der Waals surface area (Å²) in [5, 5.41) is 15.8. The van der Waals surface area contributed by atoms with E-state index in [4.69, 9.17) is 5.11 Å². The molecule has 0 spiro atoms. The maximum Gasteiger partial charge on any atom is 0.433 e. The Morgan fingerprint density at radius 3 is 2.16 bits per heavy atom. The molecule has 2 heterocycles. The van der Waals surface area contributed by atoms with Gasteiger partial charge in [-0.15, -0.1) is 0 Å². The second-order valence-corrected chi connectivity index (χ2v) is 12.7. The smallest absolute Gasteiger partial charge is 0.433 e. The van der Waals surface area contributed by atoms with E-state index >= 15 is 0 Å². The molecule has 3 N–H and O–H groups in total. The van der Waals surface area contributed by atoms with Gasteiger partial charge in [-0.05, 0) is 81.5 Å². The van der Waals surface area contributed by atoms with E-state index in [1.54, 1.807) is 6.20 Å². The van der Waals surface area contributed by atoms with Crippen LogP contribution in [0.4, 0.5) is 13.2 Å². The summed E-state index contributed by atoms with van der Waals surface area (Å²) in [6.45, 7) is 3.42. The van der Waals surface area contributed by atoms with Crippen LogP contribution in [0.25, 0.3) is 0 Å². The van der Waals surface area contributed by atoms with E-state index in [9.17, 15) is 22.8 Å². The van der Waals surface area contributed by atoms with Crippen LogP contribution in [0.15, 0.2) is 36.7 Å². The third-order valence-electron chi connectivity index (χ3n) is 9.00. The third kappa shape index (κ3) is 9.20. The van der Waals surface area contributed by atoms with Crippen LogP contribution >= 0.6 is 0 Å². The maximum absolute atomic E-state index is 12.9. The Bertz CT molecular complexity index is 1200. The highest BCUT2D eigenvalue weighted by Gasteiger charge is 2.58. The van der Waals surface area contributed by atoms with Crippen molar-refractivity contribution in [2.75, 3.05) is 6.54 Å². The van der Waals surface area contributed by atoms with Crippen LogP contribution in [0.5, 0.6) is 0 Å². The van der Waals surface area contributed by atoms with Crippen LogP contribution in [0.2, 0.25) is 0 Å². The first kappa shape index (κ1) is 32.8. The van der Waals surface area contributed by atoms with E-state index < -0.39 is 23.7 Å². The van der Waals surface area contributed by atoms with Crippen LogP contribution in [-0.4, -0.2) is 49.6 Å². The highest BCUT2D eigenvalue weighted by Crippen LogP contribution is 2.57. The highest BCUT2D eigenvalue weighted by atomic mass is 19.4. The Balaban J connectivity index is 0.000000273. The third-order valence-corrected chi connectivity index (χ3v) is 9.00. The van der Waals surface area contributed by atoms with E-state index in [0.717, 1.165) is 43.8 Å². The van der Waals surface area contributed by atoms with Crippen molar-refractivity contribution in [3.8, 4) is 0 Å². The zero-order valence-electron chi connectivity index (χ0n) is 25.0. The van der Waals surface area contributed by atoms with E-state index in [0.29, 0.717) is 11.8 Å². The summed E-state index contributed by atoms with van der Waals surface area (Å²) in [4.78, 5) is 33.3. The highest BCUT2D eigenvalue weighted by molar-refractivity contribution is 5.92. The number of amides is 1. The van der Waals surface area contributed by atoms with Gasteiger partial charge in [0.1, 0.15) is 11.4 Å². The number of rotatable bonds is 13. The summed E-state index contributed by atoms with van der Waals surface area (Å²) in [7, 11) is 0. The molecule has 6 rings (SSSR count). The van der Waals surface area contributed by atoms with E-state index in [-0.39, 0.29) is 17.0 Å². The van der Waals surface area contributed by atoms with Crippen LogP contribution in [0.1, 0.15) is 124 Å². The molecular weight excluding hydrogens is 559 g/mol. The van der Waals surface area contributed by atoms with Crippen LogP contribution in [0.3, 0.4) is 0 Å². The fourth-order valence-electron chi connectivity index (χ4n) is 7.65. The molecule has 2 aromatic rings. The molecule has 4 bridgehead atoms. The van der Waals surface area contributed by atoms with Crippen molar-refractivity contribution in [2.45, 2.75) is 114 Å². The number of hydrogen-bond acceptors (Lipinski definition) is 6. The van der Waals surface area contributed by atoms with Crippen molar-refractivity contribution in [2.24, 2.45) is 11.8 Å². The minimum absolute atomic E-state index is 0.00998. The Kier molecular flexibility index (Phi) is 11.1. The first-order chi connectivity index (χ1) is 20.5. The molecule has 43 heavy (non-hydrogen) atoms. The number of nitrogens with zero attached hydrogens (tertiary/aromatic N) is 3. The first-order valence-electron chi connectivity index (χ1n) is 15.7. The molecule has 2 atom stereocenters. The van der Waals surface area contributed by atoms with Crippen LogP contribution in [0, 0.1) is 11.8 Å². The number of nitrogens with one attached hydrogen (secondary N) is 2. The Hall–Kier alpha value is -3.08. The Labute approximate surface area is 251 Å². The molecule has 1 amide bonds. The quantitative estimate of drug-likeness (QED) is 0.215. The number of pyridine rings is 1. The lowest BCUT2D eigenvalue weighted by Gasteiger charge is -2.62. The van der Waals surface area contributed by atoms with Gasteiger partial charge in [0.2, 0.25) is 5.82 Å². The molecule has 4 aliphatic rings. The molecule has 0 saturated heterocycles. The molecule has 8 nitrogen and oxygen atoms in total. The number of hydrogen-bond donors (Lipinski definition) is 3. The second-order valence-electron chi connectivity index (χ2n) is 12.7. The van der Waals surface area contributed by atoms with Gasteiger partial charge < -0.3 is 15.7 Å². The molecule has 236 valence electrons. The number of unbranched alkanes of at least 4 members (excludes halogenated alkanes) is 7. The van der Waals surface area contributed by atoms with Crippen molar-refractivity contribution in [3.05, 3.63) is 53.9 Å². The number of carboxylic acids is 1. The zero-order valence-corrected chi connectivity index (χ0v) is 25.0. The van der Waals surface area contributed by atoms with Crippen molar-refractivity contribution < 1.29 is 27.9 Å². The molecule has 2 aromatic heterocycles. The summed E-state index contributed by atoms with van der Waals surface area (Å²) in [6.07, 6.45) is 16.2. The van der Waals surface area contributed by atoms with Crippen molar-refractivity contribution in [1.82, 2.24) is 25.6 Å². The van der Waals surface area contributed by atoms with Crippen molar-refractivity contribution in [1.29, 1.82) is 0 Å². The Morgan fingerprint density at radius 2 is 1.56 bits per heavy atom. The normalized spacial score (nSPS) is 25.6. The molecule has 11 heteroatoms. The number of carbonyl (C=O) groups is 2. The SMILES string of the molecule is CCCCCCCCCCNC12CC3CC(C1)CC(NC(=O)c1ccccn1)(C3)C2.O=C(O)c1nccc(C(F)(F)F)n1. The van der Waals surface area contributed by atoms with Gasteiger partial charge in [0.25, 0.3) is 5.91 Å². The Morgan fingerprint density at radius 1 is 0.907 bits per heavy atom. The van der Waals surface area contributed by atoms with E-state index in [2.05, 4.69) is 32.5 Å². The molecule has 4 saturated carbocycles. The van der Waals surface area contributed by atoms with Gasteiger partial charge in [-0.2, -0.15) is 13.2 Å². The molecule has 2 unspecified atom stereocenters. The number of aromatic nitrogens is 3. The lowest BCUT2D eigenvalue weighted by atomic mass is 9.50. The van der Waals surface area contributed by atoms with Crippen LogP contribution in [-0.2, 0) is 6.18 Å². The summed E-state index contributed by atoms with van der Waals surface area (Å²) in [5.41, 5.74) is -0.484. The van der Waals surface area contributed by atoms with Gasteiger partial charge in [-0.25, -0.2) is 14.8 Å². The number of halogens is 3. The van der Waals surface area contributed by atoms with E-state index in [1.807, 2.05) is 18.2 Å². The average Bonchev–Trinajstić information content (AvgIpc) is 2.96. The molecular formula is C32H44F3N5O3. The molecule has 4 aliphatic carbocycles. The summed E-state index contributed by atoms with van der Waals surface area (Å²) in [6, 6.07) is 6.19. The minimum Gasteiger partial charge on any atom is -0.475 e. The monoisotopic (exact) mass is 603 g/mol. The van der Waals surface area contributed by atoms with Crippen molar-refractivity contribution >= 4 is 11.9 Å². The summed E-state index contributed by atoms with van der Waals surface area (Å²) in [5.74, 6) is -0.917. The van der Waals surface area contributed by atoms with Gasteiger partial charge in [0.15, 0.2) is 0 Å². The largest absolute Gasteiger partial charge is 0.475 e. The molecule has 0 aromatic carbocycles. The first-order valence-corrected chi connectivity index (χ1v) is 15.7. The fraction of sp³-hybridized carbons (Fsp3) is 0.656. The number of alkyl halides is 3. The standard InChI is InChI=1S/C26H41N3O.C6H3F3N2O2/c1-2-3-4-5-6-7-8-10-14-28-25-16-21-15-22(17-25)19-26(18-21,20-25)29-24(30)23-12-9-11-13-27-23;7-6(8,9)3-1-2-10-4(11-3)5(12)13/h9,11-13,21-22,28H,2-8,10,14-20H2,1H3,(H,29,30);1-2H,(H,12,13). The number of aromatic carboxylic acids is 1. The second kappa shape index (κ2) is 14.6. The van der Waals surface area contributed by atoms with Gasteiger partial charge in [-0.1, -0.05) is 57.9 Å². The van der Waals surface area contributed by atoms with Crippen molar-refractivity contribution in [3.63, 3.8) is 0 Å². The van der Waals surface area contributed by atoms with Gasteiger partial charge in [0.05, 0.1) is 0 Å². The van der Waals surface area contributed by atoms with Gasteiger partial charge in [-0.3, -0.25) is 9.78 Å². The van der Waals surface area contributed by atoms with E-state index in [1.165, 1.54) is 70.6 Å². The average molecular weight is 604 g/mol. The predicted octanol–water partition coefficient (Wildman–Crippen LogP) is 6.83. The van der Waals surface area contributed by atoms with Gasteiger partial charge >= 0.3 is 12.1 Å². The van der Waals surface area contributed by atoms with Crippen LogP contribution < -0.4 is 10.6 Å². The topological polar surface area (TPSA) is 117 Å². The molecule has 0 aliphatic heterocycles. The number of carbonyl (C=O) groups excluding carboxylic acids is 1. The molecule has 0 radical (unpaired) electrons. The molecule has 4 fully saturated rings. The van der Waals surface area contributed by atoms with Gasteiger partial charge in [0, 0.05) is 23.5 Å². The minimum atomic E-state index is -4.65. The zero-order chi connectivity index (χ0) is 30.9. The maximum atomic E-state index is 12.9. The lowest BCUT2D eigenvalue weighted by Crippen LogP contribution is -2.69.